The number of hydrogen-bond donors (Lipinski definition) is 0. The van der Waals surface area contributed by atoms with E-state index in [1.165, 1.54) is 5.57 Å². The van der Waals surface area contributed by atoms with Gasteiger partial charge >= 0.3 is 0 Å². The van der Waals surface area contributed by atoms with Gasteiger partial charge in [0.25, 0.3) is 0 Å². The summed E-state index contributed by atoms with van der Waals surface area (Å²) in [5, 5.41) is 0. The molecule has 4 rings (SSSR count). The number of aliphatic imine (C=N–C) groups is 1. The quantitative estimate of drug-likeness (QED) is 0.553. The molecular weight excluding hydrogens is 360 g/mol. The van der Waals surface area contributed by atoms with E-state index in [1.807, 2.05) is 61.7 Å². The number of methoxy groups -OCH3 is 1. The van der Waals surface area contributed by atoms with Gasteiger partial charge in [-0.3, -0.25) is 9.98 Å². The number of aromatic nitrogens is 1. The third-order valence-corrected chi connectivity index (χ3v) is 4.87. The molecule has 1 aliphatic heterocycles. The highest BCUT2D eigenvalue weighted by molar-refractivity contribution is 6.15. The smallest absolute Gasteiger partial charge is 0.131 e. The zero-order valence-corrected chi connectivity index (χ0v) is 16.8. The fourth-order valence-corrected chi connectivity index (χ4v) is 3.48. The van der Waals surface area contributed by atoms with Crippen molar-refractivity contribution in [2.24, 2.45) is 4.99 Å². The van der Waals surface area contributed by atoms with E-state index in [9.17, 15) is 0 Å². The van der Waals surface area contributed by atoms with Crippen LogP contribution in [0.15, 0.2) is 77.6 Å². The Kier molecular flexibility index (Phi) is 5.71. The molecular formula is C25H24N2O2. The molecule has 0 unspecified atom stereocenters. The Bertz CT molecular complexity index is 1060. The van der Waals surface area contributed by atoms with Crippen LogP contribution < -0.4 is 9.47 Å². The van der Waals surface area contributed by atoms with Crippen LogP contribution in [0.2, 0.25) is 0 Å². The van der Waals surface area contributed by atoms with Gasteiger partial charge in [0.2, 0.25) is 0 Å². The Balaban J connectivity index is 1.64. The second-order valence-electron chi connectivity index (χ2n) is 7.07. The molecule has 0 amide bonds. The Morgan fingerprint density at radius 1 is 1.00 bits per heavy atom. The van der Waals surface area contributed by atoms with Crippen LogP contribution in [0.1, 0.15) is 29.5 Å². The molecule has 2 aromatic carbocycles. The number of rotatable bonds is 5. The predicted octanol–water partition coefficient (Wildman–Crippen LogP) is 5.86. The first-order valence-electron chi connectivity index (χ1n) is 9.81. The summed E-state index contributed by atoms with van der Waals surface area (Å²) in [4.78, 5) is 9.00. The normalized spacial score (nSPS) is 15.1. The maximum atomic E-state index is 6.00. The first-order valence-corrected chi connectivity index (χ1v) is 9.81. The summed E-state index contributed by atoms with van der Waals surface area (Å²) >= 11 is 0. The van der Waals surface area contributed by atoms with Gasteiger partial charge in [0.05, 0.1) is 12.8 Å². The molecule has 0 bridgehead atoms. The fraction of sp³-hybridized carbons (Fsp3) is 0.200. The predicted molar refractivity (Wildman–Crippen MR) is 117 cm³/mol. The summed E-state index contributed by atoms with van der Waals surface area (Å²) in [7, 11) is 1.69. The number of aryl methyl sites for hydroxylation is 1. The molecule has 4 nitrogen and oxygen atoms in total. The maximum absolute atomic E-state index is 6.00. The second-order valence-corrected chi connectivity index (χ2v) is 7.07. The van der Waals surface area contributed by atoms with Crippen molar-refractivity contribution in [2.45, 2.75) is 19.8 Å². The summed E-state index contributed by atoms with van der Waals surface area (Å²) in [6, 6.07) is 17.9. The average molecular weight is 384 g/mol. The van der Waals surface area contributed by atoms with Gasteiger partial charge in [-0.15, -0.1) is 0 Å². The van der Waals surface area contributed by atoms with Crippen molar-refractivity contribution < 1.29 is 9.47 Å². The molecule has 1 aromatic heterocycles. The van der Waals surface area contributed by atoms with Gasteiger partial charge in [0.15, 0.2) is 0 Å². The van der Waals surface area contributed by atoms with E-state index in [0.29, 0.717) is 0 Å². The van der Waals surface area contributed by atoms with E-state index in [1.54, 1.807) is 13.3 Å². The van der Waals surface area contributed by atoms with E-state index in [0.717, 1.165) is 59.0 Å². The van der Waals surface area contributed by atoms with Crippen LogP contribution in [-0.2, 0) is 0 Å². The number of allylic oxidation sites excluding steroid dienone is 1. The van der Waals surface area contributed by atoms with Crippen LogP contribution in [0.3, 0.4) is 0 Å². The zero-order chi connectivity index (χ0) is 20.1. The van der Waals surface area contributed by atoms with Gasteiger partial charge in [-0.05, 0) is 73.4 Å². The average Bonchev–Trinajstić information content (AvgIpc) is 2.76. The lowest BCUT2D eigenvalue weighted by Gasteiger charge is -2.17. The number of benzene rings is 2. The molecule has 3 aromatic rings. The van der Waals surface area contributed by atoms with E-state index in [2.05, 4.69) is 17.1 Å². The van der Waals surface area contributed by atoms with Gasteiger partial charge < -0.3 is 9.47 Å². The van der Waals surface area contributed by atoms with Gasteiger partial charge in [0, 0.05) is 36.1 Å². The van der Waals surface area contributed by atoms with Gasteiger partial charge in [-0.25, -0.2) is 0 Å². The molecule has 0 fully saturated rings. The SMILES string of the molecule is COc1cc(Oc2cccc(C)c2)ccc1C=C1CCCN=C1c1cccnc1. The molecule has 4 heteroatoms. The third kappa shape index (κ3) is 4.54. The maximum Gasteiger partial charge on any atom is 0.131 e. The molecule has 0 N–H and O–H groups in total. The van der Waals surface area contributed by atoms with Crippen LogP contribution in [0, 0.1) is 6.92 Å². The molecule has 29 heavy (non-hydrogen) atoms. The topological polar surface area (TPSA) is 43.7 Å². The minimum atomic E-state index is 0.749. The number of nitrogens with zero attached hydrogens (tertiary/aromatic N) is 2. The highest BCUT2D eigenvalue weighted by Gasteiger charge is 2.15. The minimum Gasteiger partial charge on any atom is -0.496 e. The van der Waals surface area contributed by atoms with Gasteiger partial charge in [-0.2, -0.15) is 0 Å². The summed E-state index contributed by atoms with van der Waals surface area (Å²) < 4.78 is 11.7. The molecule has 0 atom stereocenters. The molecule has 0 saturated heterocycles. The highest BCUT2D eigenvalue weighted by Crippen LogP contribution is 2.31. The Morgan fingerprint density at radius 3 is 2.69 bits per heavy atom. The van der Waals surface area contributed by atoms with Crippen molar-refractivity contribution in [1.82, 2.24) is 4.98 Å². The lowest BCUT2D eigenvalue weighted by Crippen LogP contribution is -2.12. The standard InChI is InChI=1S/C25H24N2O2/c1-18-6-3-9-22(14-18)29-23-11-10-19(24(16-23)28-2)15-20-7-5-13-27-25(20)21-8-4-12-26-17-21/h3-4,6,8-12,14-17H,5,7,13H2,1-2H3. The monoisotopic (exact) mass is 384 g/mol. The van der Waals surface area contributed by atoms with Crippen molar-refractivity contribution in [3.63, 3.8) is 0 Å². The van der Waals surface area contributed by atoms with E-state index >= 15 is 0 Å². The lowest BCUT2D eigenvalue weighted by molar-refractivity contribution is 0.408. The molecule has 2 heterocycles. The summed E-state index contributed by atoms with van der Waals surface area (Å²) in [6.45, 7) is 2.90. The largest absolute Gasteiger partial charge is 0.496 e. The van der Waals surface area contributed by atoms with Crippen LogP contribution in [0.5, 0.6) is 17.2 Å². The van der Waals surface area contributed by atoms with Crippen molar-refractivity contribution in [3.05, 3.63) is 89.3 Å². The van der Waals surface area contributed by atoms with Crippen LogP contribution in [0.25, 0.3) is 6.08 Å². The summed E-state index contributed by atoms with van der Waals surface area (Å²) in [5.41, 5.74) is 5.45. The third-order valence-electron chi connectivity index (χ3n) is 4.87. The molecule has 0 saturated carbocycles. The van der Waals surface area contributed by atoms with Crippen molar-refractivity contribution in [3.8, 4) is 17.2 Å². The van der Waals surface area contributed by atoms with Crippen LogP contribution >= 0.6 is 0 Å². The summed E-state index contributed by atoms with van der Waals surface area (Å²) in [5.74, 6) is 2.34. The van der Waals surface area contributed by atoms with Crippen molar-refractivity contribution >= 4 is 11.8 Å². The Labute approximate surface area is 171 Å². The fourth-order valence-electron chi connectivity index (χ4n) is 3.48. The van der Waals surface area contributed by atoms with E-state index < -0.39 is 0 Å². The number of pyridine rings is 1. The minimum absolute atomic E-state index is 0.749. The highest BCUT2D eigenvalue weighted by atomic mass is 16.5. The Hall–Kier alpha value is -3.40. The molecule has 1 aliphatic rings. The lowest BCUT2D eigenvalue weighted by atomic mass is 9.94. The van der Waals surface area contributed by atoms with Gasteiger partial charge in [-0.1, -0.05) is 12.1 Å². The van der Waals surface area contributed by atoms with E-state index in [4.69, 9.17) is 14.5 Å². The zero-order valence-electron chi connectivity index (χ0n) is 16.8. The summed E-state index contributed by atoms with van der Waals surface area (Å²) in [6.07, 6.45) is 7.85. The van der Waals surface area contributed by atoms with E-state index in [-0.39, 0.29) is 0 Å². The molecule has 0 aliphatic carbocycles. The molecule has 0 radical (unpaired) electrons. The van der Waals surface area contributed by atoms with Crippen molar-refractivity contribution in [2.75, 3.05) is 13.7 Å². The Morgan fingerprint density at radius 2 is 1.90 bits per heavy atom. The van der Waals surface area contributed by atoms with Gasteiger partial charge in [0.1, 0.15) is 17.2 Å². The first-order chi connectivity index (χ1) is 14.2. The second kappa shape index (κ2) is 8.74. The number of hydrogen-bond acceptors (Lipinski definition) is 4. The molecule has 146 valence electrons. The van der Waals surface area contributed by atoms with Crippen molar-refractivity contribution in [1.29, 1.82) is 0 Å². The first kappa shape index (κ1) is 18.9. The van der Waals surface area contributed by atoms with Crippen LogP contribution in [0.4, 0.5) is 0 Å². The van der Waals surface area contributed by atoms with Crippen LogP contribution in [-0.4, -0.2) is 24.4 Å². The number of ether oxygens (including phenoxy) is 2. The molecule has 0 spiro atoms.